The van der Waals surface area contributed by atoms with Crippen LogP contribution in [0.3, 0.4) is 0 Å². The van der Waals surface area contributed by atoms with Crippen molar-refractivity contribution in [2.24, 2.45) is 5.92 Å². The highest BCUT2D eigenvalue weighted by Gasteiger charge is 2.30. The number of anilines is 1. The molecule has 0 bridgehead atoms. The number of fused-ring (bicyclic) bond motifs is 1. The molecule has 5 rings (SSSR count). The van der Waals surface area contributed by atoms with Gasteiger partial charge < -0.3 is 5.11 Å². The first kappa shape index (κ1) is 22.8. The zero-order valence-electron chi connectivity index (χ0n) is 19.8. The Morgan fingerprint density at radius 3 is 2.54 bits per heavy atom. The van der Waals surface area contributed by atoms with Crippen LogP contribution in [-0.4, -0.2) is 47.4 Å². The summed E-state index contributed by atoms with van der Waals surface area (Å²) in [6.07, 6.45) is 9.85. The summed E-state index contributed by atoms with van der Waals surface area (Å²) in [6.45, 7) is 3.77. The summed E-state index contributed by atoms with van der Waals surface area (Å²) < 4.78 is 3.23. The Bertz CT molecular complexity index is 1330. The predicted molar refractivity (Wildman–Crippen MR) is 132 cm³/mol. The summed E-state index contributed by atoms with van der Waals surface area (Å²) in [5.74, 6) is -0.637. The van der Waals surface area contributed by atoms with E-state index in [2.05, 4.69) is 15.2 Å². The van der Waals surface area contributed by atoms with Gasteiger partial charge in [0.1, 0.15) is 5.56 Å². The molecule has 0 atom stereocenters. The number of hydrogen-bond acceptors (Lipinski definition) is 5. The molecule has 0 unspecified atom stereocenters. The molecule has 0 spiro atoms. The molecule has 1 aliphatic carbocycles. The molecule has 1 fully saturated rings. The summed E-state index contributed by atoms with van der Waals surface area (Å²) in [5.41, 5.74) is 3.14. The summed E-state index contributed by atoms with van der Waals surface area (Å²) in [4.78, 5) is 31.1. The van der Waals surface area contributed by atoms with Crippen molar-refractivity contribution in [1.82, 2.24) is 24.4 Å². The van der Waals surface area contributed by atoms with Crippen LogP contribution in [0.5, 0.6) is 0 Å². The Kier molecular flexibility index (Phi) is 6.07. The first-order valence-corrected chi connectivity index (χ1v) is 12.0. The van der Waals surface area contributed by atoms with Gasteiger partial charge in [0, 0.05) is 42.7 Å². The van der Waals surface area contributed by atoms with E-state index in [4.69, 9.17) is 0 Å². The smallest absolute Gasteiger partial charge is 0.341 e. The molecule has 9 nitrogen and oxygen atoms in total. The molecule has 1 amide bonds. The Morgan fingerprint density at radius 1 is 1.14 bits per heavy atom. The van der Waals surface area contributed by atoms with Gasteiger partial charge in [-0.3, -0.25) is 9.69 Å². The zero-order valence-corrected chi connectivity index (χ0v) is 19.8. The van der Waals surface area contributed by atoms with E-state index in [9.17, 15) is 14.7 Å². The van der Waals surface area contributed by atoms with E-state index in [-0.39, 0.29) is 23.3 Å². The number of carboxylic acid groups (broad SMARTS) is 1. The summed E-state index contributed by atoms with van der Waals surface area (Å²) in [6, 6.07) is 11.0. The van der Waals surface area contributed by atoms with Crippen molar-refractivity contribution in [2.75, 3.05) is 4.90 Å². The van der Waals surface area contributed by atoms with Crippen molar-refractivity contribution in [1.29, 1.82) is 0 Å². The molecule has 9 heteroatoms. The summed E-state index contributed by atoms with van der Waals surface area (Å²) in [7, 11) is 0. The van der Waals surface area contributed by atoms with E-state index in [1.165, 1.54) is 15.8 Å². The lowest BCUT2D eigenvalue weighted by Crippen LogP contribution is -2.39. The van der Waals surface area contributed by atoms with E-state index in [1.807, 2.05) is 56.4 Å². The quantitative estimate of drug-likeness (QED) is 0.421. The van der Waals surface area contributed by atoms with Crippen molar-refractivity contribution in [3.63, 3.8) is 0 Å². The van der Waals surface area contributed by atoms with Crippen molar-refractivity contribution in [3.8, 4) is 16.9 Å². The van der Waals surface area contributed by atoms with Crippen LogP contribution in [-0.2, 0) is 4.79 Å². The second kappa shape index (κ2) is 9.32. The minimum Gasteiger partial charge on any atom is -0.477 e. The van der Waals surface area contributed by atoms with Gasteiger partial charge in [0.25, 0.3) is 0 Å². The Morgan fingerprint density at radius 2 is 1.89 bits per heavy atom. The van der Waals surface area contributed by atoms with Crippen LogP contribution in [0.2, 0.25) is 0 Å². The highest BCUT2D eigenvalue weighted by atomic mass is 16.4. The average Bonchev–Trinajstić information content (AvgIpc) is 3.59. The van der Waals surface area contributed by atoms with Gasteiger partial charge in [-0.25, -0.2) is 19.0 Å². The third-order valence-electron chi connectivity index (χ3n) is 6.54. The van der Waals surface area contributed by atoms with Crippen LogP contribution < -0.4 is 4.90 Å². The summed E-state index contributed by atoms with van der Waals surface area (Å²) in [5, 5.41) is 19.0. The third kappa shape index (κ3) is 4.53. The fourth-order valence-corrected chi connectivity index (χ4v) is 4.79. The molecule has 0 saturated heterocycles. The minimum atomic E-state index is -1.11. The molecule has 1 aliphatic rings. The highest BCUT2D eigenvalue weighted by molar-refractivity contribution is 6.01. The summed E-state index contributed by atoms with van der Waals surface area (Å²) >= 11 is 0. The highest BCUT2D eigenvalue weighted by Crippen LogP contribution is 2.31. The number of carbonyl (C=O) groups is 2. The van der Waals surface area contributed by atoms with Gasteiger partial charge in [-0.1, -0.05) is 25.0 Å². The van der Waals surface area contributed by atoms with Gasteiger partial charge in [-0.15, -0.1) is 5.10 Å². The predicted octanol–water partition coefficient (Wildman–Crippen LogP) is 4.60. The number of aromatic nitrogens is 5. The maximum atomic E-state index is 13.2. The van der Waals surface area contributed by atoms with Crippen LogP contribution in [0.25, 0.3) is 22.6 Å². The molecule has 1 saturated carbocycles. The van der Waals surface area contributed by atoms with Gasteiger partial charge in [0.15, 0.2) is 11.5 Å². The number of amides is 1. The van der Waals surface area contributed by atoms with Crippen LogP contribution in [0, 0.1) is 5.92 Å². The van der Waals surface area contributed by atoms with Crippen LogP contribution in [0.1, 0.15) is 56.3 Å². The number of hydrogen-bond donors (Lipinski definition) is 1. The maximum absolute atomic E-state index is 13.2. The Labute approximate surface area is 203 Å². The topological polar surface area (TPSA) is 106 Å². The lowest BCUT2D eigenvalue weighted by molar-refractivity contribution is -0.119. The average molecular weight is 473 g/mol. The standard InChI is InChI=1S/C26H28N6O3/c1-17(2)32(24(33)14-18-6-3-4-7-18)25-21(26(34)35)16-31(29-25)20-10-8-19(9-11-20)22-15-23-27-12-5-13-30(23)28-22/h5,8-13,15-18H,3-4,6-7,14H2,1-2H3,(H,34,35). The fourth-order valence-electron chi connectivity index (χ4n) is 4.79. The second-order valence-electron chi connectivity index (χ2n) is 9.33. The Hall–Kier alpha value is -4.01. The van der Waals surface area contributed by atoms with Gasteiger partial charge >= 0.3 is 5.97 Å². The lowest BCUT2D eigenvalue weighted by Gasteiger charge is -2.26. The maximum Gasteiger partial charge on any atom is 0.341 e. The van der Waals surface area contributed by atoms with E-state index >= 15 is 0 Å². The van der Waals surface area contributed by atoms with Gasteiger partial charge in [0.05, 0.1) is 11.4 Å². The molecular weight excluding hydrogens is 444 g/mol. The normalized spacial score (nSPS) is 14.1. The monoisotopic (exact) mass is 472 g/mol. The molecule has 1 aromatic carbocycles. The molecule has 1 N–H and O–H groups in total. The molecule has 3 heterocycles. The number of benzene rings is 1. The number of nitrogens with zero attached hydrogens (tertiary/aromatic N) is 6. The van der Waals surface area contributed by atoms with Crippen molar-refractivity contribution < 1.29 is 14.7 Å². The van der Waals surface area contributed by atoms with Crippen LogP contribution in [0.4, 0.5) is 5.82 Å². The number of carbonyl (C=O) groups excluding carboxylic acids is 1. The van der Waals surface area contributed by atoms with E-state index in [0.717, 1.165) is 42.6 Å². The SMILES string of the molecule is CC(C)N(C(=O)CC1CCCC1)c1nn(-c2ccc(-c3cc4ncccn4n3)cc2)cc1C(=O)O. The molecule has 3 aromatic heterocycles. The van der Waals surface area contributed by atoms with Crippen LogP contribution >= 0.6 is 0 Å². The van der Waals surface area contributed by atoms with E-state index in [1.54, 1.807) is 10.7 Å². The van der Waals surface area contributed by atoms with Crippen molar-refractivity contribution in [2.45, 2.75) is 52.0 Å². The largest absolute Gasteiger partial charge is 0.477 e. The minimum absolute atomic E-state index is 0.00831. The first-order valence-electron chi connectivity index (χ1n) is 12.0. The molecular formula is C26H28N6O3. The molecule has 0 aliphatic heterocycles. The van der Waals surface area contributed by atoms with Crippen LogP contribution in [0.15, 0.2) is 55.0 Å². The lowest BCUT2D eigenvalue weighted by atomic mass is 10.0. The number of carboxylic acids is 1. The Balaban J connectivity index is 1.45. The third-order valence-corrected chi connectivity index (χ3v) is 6.54. The van der Waals surface area contributed by atoms with Gasteiger partial charge in [0.2, 0.25) is 5.91 Å². The second-order valence-corrected chi connectivity index (χ2v) is 9.33. The van der Waals surface area contributed by atoms with Gasteiger partial charge in [-0.05, 0) is 50.8 Å². The number of aromatic carboxylic acids is 1. The molecule has 4 aromatic rings. The first-order chi connectivity index (χ1) is 16.9. The molecule has 0 radical (unpaired) electrons. The molecule has 180 valence electrons. The van der Waals surface area contributed by atoms with E-state index in [0.29, 0.717) is 18.0 Å². The van der Waals surface area contributed by atoms with Crippen molar-refractivity contribution in [3.05, 3.63) is 60.6 Å². The fraction of sp³-hybridized carbons (Fsp3) is 0.346. The van der Waals surface area contributed by atoms with Gasteiger partial charge in [-0.2, -0.15) is 5.10 Å². The van der Waals surface area contributed by atoms with E-state index < -0.39 is 5.97 Å². The van der Waals surface area contributed by atoms with Crippen molar-refractivity contribution >= 4 is 23.3 Å². The molecule has 35 heavy (non-hydrogen) atoms. The zero-order chi connectivity index (χ0) is 24.5. The number of rotatable bonds is 7.